The summed E-state index contributed by atoms with van der Waals surface area (Å²) in [6, 6.07) is 25.2. The summed E-state index contributed by atoms with van der Waals surface area (Å²) in [5, 5.41) is 0. The summed E-state index contributed by atoms with van der Waals surface area (Å²) in [5.41, 5.74) is 3.62. The quantitative estimate of drug-likeness (QED) is 0.355. The summed E-state index contributed by atoms with van der Waals surface area (Å²) in [7, 11) is 1.68. The molecule has 2 aromatic heterocycles. The molecular formula is C21H15ClOS2. The molecule has 0 aliphatic rings. The topological polar surface area (TPSA) is 9.23 Å². The Kier molecular flexibility index (Phi) is 4.62. The molecule has 0 saturated heterocycles. The molecule has 2 aromatic carbocycles. The predicted octanol–water partition coefficient (Wildman–Crippen LogP) is 7.47. The van der Waals surface area contributed by atoms with Gasteiger partial charge in [-0.1, -0.05) is 48.0 Å². The number of methoxy groups -OCH3 is 1. The Bertz CT molecular complexity index is 981. The Hall–Kier alpha value is -2.07. The van der Waals surface area contributed by atoms with Crippen LogP contribution in [-0.2, 0) is 0 Å². The molecule has 0 aliphatic carbocycles. The van der Waals surface area contributed by atoms with Gasteiger partial charge in [-0.2, -0.15) is 0 Å². The van der Waals surface area contributed by atoms with Crippen molar-refractivity contribution in [2.75, 3.05) is 7.11 Å². The first-order valence-corrected chi connectivity index (χ1v) is 9.84. The Morgan fingerprint density at radius 2 is 1.12 bits per heavy atom. The number of ether oxygens (including phenoxy) is 1. The summed E-state index contributed by atoms with van der Waals surface area (Å²) in [5.74, 6) is 0.875. The second-order valence-corrected chi connectivity index (χ2v) is 8.37. The summed E-state index contributed by atoms with van der Waals surface area (Å²) >= 11 is 9.46. The molecule has 2 heterocycles. The second-order valence-electron chi connectivity index (χ2n) is 5.57. The van der Waals surface area contributed by atoms with Crippen molar-refractivity contribution in [2.45, 2.75) is 0 Å². The summed E-state index contributed by atoms with van der Waals surface area (Å²) < 4.78 is 6.04. The lowest BCUT2D eigenvalue weighted by Gasteiger charge is -2.05. The lowest BCUT2D eigenvalue weighted by atomic mass is 10.0. The van der Waals surface area contributed by atoms with Crippen LogP contribution in [0.2, 0.25) is 4.34 Å². The van der Waals surface area contributed by atoms with Gasteiger partial charge in [0.1, 0.15) is 5.75 Å². The van der Waals surface area contributed by atoms with Crippen molar-refractivity contribution in [3.63, 3.8) is 0 Å². The van der Waals surface area contributed by atoms with Crippen LogP contribution in [0.5, 0.6) is 5.75 Å². The fraction of sp³-hybridized carbons (Fsp3) is 0.0476. The van der Waals surface area contributed by atoms with Crippen LogP contribution in [0.25, 0.3) is 31.3 Å². The number of rotatable bonds is 4. The van der Waals surface area contributed by atoms with E-state index in [2.05, 4.69) is 54.6 Å². The molecule has 0 spiro atoms. The molecule has 4 aromatic rings. The highest BCUT2D eigenvalue weighted by molar-refractivity contribution is 7.25. The first-order valence-electron chi connectivity index (χ1n) is 7.83. The van der Waals surface area contributed by atoms with E-state index < -0.39 is 0 Å². The summed E-state index contributed by atoms with van der Waals surface area (Å²) in [6.07, 6.45) is 0. The fourth-order valence-corrected chi connectivity index (χ4v) is 4.83. The number of thiophene rings is 2. The number of halogens is 1. The molecule has 0 saturated carbocycles. The molecule has 1 nitrogen and oxygen atoms in total. The van der Waals surface area contributed by atoms with Crippen LogP contribution in [-0.4, -0.2) is 7.11 Å². The van der Waals surface area contributed by atoms with Crippen molar-refractivity contribution in [2.24, 2.45) is 0 Å². The highest BCUT2D eigenvalue weighted by Crippen LogP contribution is 2.39. The van der Waals surface area contributed by atoms with Crippen molar-refractivity contribution < 1.29 is 4.74 Å². The maximum atomic E-state index is 6.04. The van der Waals surface area contributed by atoms with Crippen LogP contribution in [0.1, 0.15) is 0 Å². The van der Waals surface area contributed by atoms with Gasteiger partial charge in [0.2, 0.25) is 0 Å². The van der Waals surface area contributed by atoms with E-state index in [0.717, 1.165) is 10.1 Å². The SMILES string of the molecule is COc1ccc(-c2ccc(-c3ccc(-c4ccc(Cl)s4)s3)cc2)cc1. The number of benzene rings is 2. The van der Waals surface area contributed by atoms with E-state index in [1.54, 1.807) is 29.8 Å². The fourth-order valence-electron chi connectivity index (χ4n) is 2.68. The minimum Gasteiger partial charge on any atom is -0.497 e. The van der Waals surface area contributed by atoms with Crippen LogP contribution < -0.4 is 4.74 Å². The average molecular weight is 383 g/mol. The third kappa shape index (κ3) is 3.49. The molecule has 25 heavy (non-hydrogen) atoms. The van der Waals surface area contributed by atoms with Gasteiger partial charge in [-0.05, 0) is 53.1 Å². The minimum atomic E-state index is 0.828. The zero-order valence-electron chi connectivity index (χ0n) is 13.5. The minimum absolute atomic E-state index is 0.828. The van der Waals surface area contributed by atoms with Gasteiger partial charge in [-0.3, -0.25) is 0 Å². The average Bonchev–Trinajstić information content (AvgIpc) is 3.31. The van der Waals surface area contributed by atoms with Crippen molar-refractivity contribution in [3.05, 3.63) is 77.1 Å². The molecular weight excluding hydrogens is 368 g/mol. The zero-order valence-corrected chi connectivity index (χ0v) is 15.9. The highest BCUT2D eigenvalue weighted by Gasteiger charge is 2.07. The van der Waals surface area contributed by atoms with Crippen molar-refractivity contribution >= 4 is 34.3 Å². The van der Waals surface area contributed by atoms with Gasteiger partial charge >= 0.3 is 0 Å². The first kappa shape index (κ1) is 16.4. The molecule has 0 N–H and O–H groups in total. The Morgan fingerprint density at radius 1 is 0.600 bits per heavy atom. The number of hydrogen-bond donors (Lipinski definition) is 0. The Balaban J connectivity index is 1.58. The van der Waals surface area contributed by atoms with Gasteiger partial charge in [0.15, 0.2) is 0 Å². The molecule has 4 heteroatoms. The van der Waals surface area contributed by atoms with Gasteiger partial charge in [0, 0.05) is 14.6 Å². The van der Waals surface area contributed by atoms with Crippen molar-refractivity contribution in [3.8, 4) is 37.1 Å². The van der Waals surface area contributed by atoms with Crippen LogP contribution in [0, 0.1) is 0 Å². The smallest absolute Gasteiger partial charge is 0.118 e. The van der Waals surface area contributed by atoms with Crippen LogP contribution in [0.3, 0.4) is 0 Å². The molecule has 0 fully saturated rings. The second kappa shape index (κ2) is 7.04. The van der Waals surface area contributed by atoms with Gasteiger partial charge in [-0.25, -0.2) is 0 Å². The molecule has 0 bridgehead atoms. The maximum Gasteiger partial charge on any atom is 0.118 e. The van der Waals surface area contributed by atoms with Crippen LogP contribution >= 0.6 is 34.3 Å². The van der Waals surface area contributed by atoms with Gasteiger partial charge < -0.3 is 4.74 Å². The Labute approximate surface area is 160 Å². The molecule has 0 amide bonds. The molecule has 4 rings (SSSR count). The van der Waals surface area contributed by atoms with E-state index in [9.17, 15) is 0 Å². The van der Waals surface area contributed by atoms with E-state index in [1.165, 1.54) is 31.3 Å². The normalized spacial score (nSPS) is 10.8. The Morgan fingerprint density at radius 3 is 1.72 bits per heavy atom. The summed E-state index contributed by atoms with van der Waals surface area (Å²) in [4.78, 5) is 3.74. The third-order valence-corrected chi connectivity index (χ3v) is 6.58. The molecule has 0 radical (unpaired) electrons. The van der Waals surface area contributed by atoms with Gasteiger partial charge in [0.25, 0.3) is 0 Å². The zero-order chi connectivity index (χ0) is 17.2. The van der Waals surface area contributed by atoms with Crippen LogP contribution in [0.15, 0.2) is 72.8 Å². The largest absolute Gasteiger partial charge is 0.497 e. The standard InChI is InChI=1S/C21H15ClOS2/c1-23-17-8-6-15(7-9-17)14-2-4-16(5-3-14)18-10-11-19(24-18)20-12-13-21(22)25-20/h2-13H,1H3. The first-order chi connectivity index (χ1) is 12.2. The lowest BCUT2D eigenvalue weighted by molar-refractivity contribution is 0.415. The van der Waals surface area contributed by atoms with E-state index >= 15 is 0 Å². The molecule has 0 atom stereocenters. The van der Waals surface area contributed by atoms with E-state index in [1.807, 2.05) is 18.2 Å². The monoisotopic (exact) mass is 382 g/mol. The molecule has 0 unspecified atom stereocenters. The molecule has 124 valence electrons. The molecule has 0 aliphatic heterocycles. The van der Waals surface area contributed by atoms with E-state index in [0.29, 0.717) is 0 Å². The predicted molar refractivity (Wildman–Crippen MR) is 110 cm³/mol. The van der Waals surface area contributed by atoms with Crippen molar-refractivity contribution in [1.82, 2.24) is 0 Å². The number of hydrogen-bond acceptors (Lipinski definition) is 3. The maximum absolute atomic E-state index is 6.04. The summed E-state index contributed by atoms with van der Waals surface area (Å²) in [6.45, 7) is 0. The lowest BCUT2D eigenvalue weighted by Crippen LogP contribution is -1.82. The third-order valence-electron chi connectivity index (χ3n) is 4.01. The van der Waals surface area contributed by atoms with Gasteiger partial charge in [0.05, 0.1) is 11.4 Å². The van der Waals surface area contributed by atoms with Crippen LogP contribution in [0.4, 0.5) is 0 Å². The van der Waals surface area contributed by atoms with Gasteiger partial charge in [-0.15, -0.1) is 22.7 Å². The van der Waals surface area contributed by atoms with E-state index in [-0.39, 0.29) is 0 Å². The van der Waals surface area contributed by atoms with Crippen molar-refractivity contribution in [1.29, 1.82) is 0 Å². The highest BCUT2D eigenvalue weighted by atomic mass is 35.5. The van der Waals surface area contributed by atoms with E-state index in [4.69, 9.17) is 16.3 Å².